The molecule has 0 fully saturated rings. The summed E-state index contributed by atoms with van der Waals surface area (Å²) in [4.78, 5) is 0. The third-order valence-corrected chi connectivity index (χ3v) is 1.73. The number of hydrogen-bond acceptors (Lipinski definition) is 2. The van der Waals surface area contributed by atoms with Gasteiger partial charge in [0, 0.05) is 4.47 Å². The maximum absolute atomic E-state index is 12.8. The number of rotatable bonds is 1. The molecule has 5 heteroatoms. The van der Waals surface area contributed by atoms with Gasteiger partial charge in [0.15, 0.2) is 5.82 Å². The van der Waals surface area contributed by atoms with E-state index in [9.17, 15) is 4.39 Å². The molecule has 0 saturated carbocycles. The minimum Gasteiger partial charge on any atom is -0.494 e. The molecule has 0 atom stereocenters. The molecule has 0 radical (unpaired) electrons. The van der Waals surface area contributed by atoms with E-state index < -0.39 is 5.82 Å². The largest absolute Gasteiger partial charge is 0.494 e. The molecule has 0 aliphatic rings. The van der Waals surface area contributed by atoms with Gasteiger partial charge in [-0.05, 0) is 12.1 Å². The molecule has 1 rings (SSSR count). The highest BCUT2D eigenvalue weighted by Gasteiger charge is 2.05. The van der Waals surface area contributed by atoms with E-state index in [1.807, 2.05) is 0 Å². The second-order valence-electron chi connectivity index (χ2n) is 2.00. The number of anilines is 1. The first kappa shape index (κ1) is 11.7. The van der Waals surface area contributed by atoms with Crippen LogP contribution in [0.3, 0.4) is 0 Å². The molecule has 0 aliphatic carbocycles. The fraction of sp³-hybridized carbons (Fsp3) is 0.143. The van der Waals surface area contributed by atoms with Crippen molar-refractivity contribution in [3.05, 3.63) is 22.4 Å². The topological polar surface area (TPSA) is 35.2 Å². The van der Waals surface area contributed by atoms with Gasteiger partial charge in [-0.2, -0.15) is 0 Å². The first-order valence-electron chi connectivity index (χ1n) is 2.93. The number of halogens is 3. The van der Waals surface area contributed by atoms with Crippen molar-refractivity contribution in [3.63, 3.8) is 0 Å². The second-order valence-corrected chi connectivity index (χ2v) is 2.92. The Morgan fingerprint density at radius 2 is 2.08 bits per heavy atom. The molecule has 12 heavy (non-hydrogen) atoms. The normalized spacial score (nSPS) is 8.92. The Balaban J connectivity index is 0.00000121. The van der Waals surface area contributed by atoms with E-state index in [-0.39, 0.29) is 22.7 Å². The molecule has 68 valence electrons. The minimum atomic E-state index is -0.476. The second kappa shape index (κ2) is 4.67. The molecular weight excluding hydrogens is 293 g/mol. The van der Waals surface area contributed by atoms with Crippen molar-refractivity contribution in [2.24, 2.45) is 0 Å². The van der Waals surface area contributed by atoms with Crippen molar-refractivity contribution in [1.29, 1.82) is 0 Å². The van der Waals surface area contributed by atoms with Crippen LogP contribution < -0.4 is 10.5 Å². The standard InChI is InChI=1S/C7H7BrFNO.BrH/c1-11-6-3-4(8)2-5(9)7(6)10;/h2-3H,10H2,1H3;1H. The summed E-state index contributed by atoms with van der Waals surface area (Å²) in [5.74, 6) is -0.131. The van der Waals surface area contributed by atoms with Gasteiger partial charge in [0.2, 0.25) is 0 Å². The van der Waals surface area contributed by atoms with E-state index in [1.165, 1.54) is 13.2 Å². The Labute approximate surface area is 88.8 Å². The lowest BCUT2D eigenvalue weighted by Crippen LogP contribution is -1.95. The van der Waals surface area contributed by atoms with Crippen molar-refractivity contribution < 1.29 is 9.13 Å². The summed E-state index contributed by atoms with van der Waals surface area (Å²) in [5.41, 5.74) is 5.38. The Hall–Kier alpha value is -0.290. The van der Waals surface area contributed by atoms with Gasteiger partial charge in [0.25, 0.3) is 0 Å². The van der Waals surface area contributed by atoms with Gasteiger partial charge < -0.3 is 10.5 Å². The van der Waals surface area contributed by atoms with Gasteiger partial charge >= 0.3 is 0 Å². The summed E-state index contributed by atoms with van der Waals surface area (Å²) in [5, 5.41) is 0. The average Bonchev–Trinajstić information content (AvgIpc) is 1.96. The highest BCUT2D eigenvalue weighted by Crippen LogP contribution is 2.28. The average molecular weight is 301 g/mol. The molecule has 1 aromatic carbocycles. The van der Waals surface area contributed by atoms with Crippen LogP contribution in [0.2, 0.25) is 0 Å². The molecule has 0 bridgehead atoms. The third-order valence-electron chi connectivity index (χ3n) is 1.28. The van der Waals surface area contributed by atoms with E-state index in [4.69, 9.17) is 10.5 Å². The van der Waals surface area contributed by atoms with Crippen LogP contribution in [-0.2, 0) is 0 Å². The van der Waals surface area contributed by atoms with Crippen LogP contribution in [0.1, 0.15) is 0 Å². The predicted octanol–water partition coefficient (Wildman–Crippen LogP) is 2.76. The van der Waals surface area contributed by atoms with Gasteiger partial charge in [0.05, 0.1) is 7.11 Å². The van der Waals surface area contributed by atoms with Gasteiger partial charge in [-0.1, -0.05) is 15.9 Å². The fourth-order valence-electron chi connectivity index (χ4n) is 0.730. The smallest absolute Gasteiger partial charge is 0.151 e. The van der Waals surface area contributed by atoms with Crippen molar-refractivity contribution >= 4 is 38.6 Å². The van der Waals surface area contributed by atoms with E-state index >= 15 is 0 Å². The molecule has 2 N–H and O–H groups in total. The Bertz CT molecular complexity index is 280. The molecule has 0 unspecified atom stereocenters. The number of ether oxygens (including phenoxy) is 1. The van der Waals surface area contributed by atoms with Crippen molar-refractivity contribution in [2.75, 3.05) is 12.8 Å². The molecule has 0 aliphatic heterocycles. The summed E-state index contributed by atoms with van der Waals surface area (Å²) in [6.07, 6.45) is 0. The first-order chi connectivity index (χ1) is 5.15. The van der Waals surface area contributed by atoms with Crippen LogP contribution in [0.15, 0.2) is 16.6 Å². The number of nitrogen functional groups attached to an aromatic ring is 1. The van der Waals surface area contributed by atoms with Gasteiger partial charge in [-0.25, -0.2) is 4.39 Å². The summed E-state index contributed by atoms with van der Waals surface area (Å²) in [7, 11) is 1.44. The van der Waals surface area contributed by atoms with E-state index in [0.29, 0.717) is 10.2 Å². The van der Waals surface area contributed by atoms with Crippen molar-refractivity contribution in [1.82, 2.24) is 0 Å². The van der Waals surface area contributed by atoms with Crippen molar-refractivity contribution in [2.45, 2.75) is 0 Å². The van der Waals surface area contributed by atoms with Crippen LogP contribution in [0.4, 0.5) is 10.1 Å². The predicted molar refractivity (Wildman–Crippen MR) is 55.4 cm³/mol. The maximum Gasteiger partial charge on any atom is 0.151 e. The molecule has 2 nitrogen and oxygen atoms in total. The van der Waals surface area contributed by atoms with E-state index in [2.05, 4.69) is 15.9 Å². The summed E-state index contributed by atoms with van der Waals surface area (Å²) in [6.45, 7) is 0. The molecular formula is C7H8Br2FNO. The minimum absolute atomic E-state index is 0. The number of nitrogens with two attached hydrogens (primary N) is 1. The van der Waals surface area contributed by atoms with Crippen LogP contribution in [0.25, 0.3) is 0 Å². The zero-order valence-electron chi connectivity index (χ0n) is 6.30. The van der Waals surface area contributed by atoms with Crippen LogP contribution in [0.5, 0.6) is 5.75 Å². The monoisotopic (exact) mass is 299 g/mol. The highest BCUT2D eigenvalue weighted by atomic mass is 79.9. The SMILES string of the molecule is Br.COc1cc(Br)cc(F)c1N. The first-order valence-corrected chi connectivity index (χ1v) is 3.73. The summed E-state index contributed by atoms with van der Waals surface area (Å²) in [6, 6.07) is 2.90. The molecule has 0 amide bonds. The Kier molecular flexibility index (Phi) is 4.55. The lowest BCUT2D eigenvalue weighted by atomic mass is 10.3. The zero-order chi connectivity index (χ0) is 8.43. The summed E-state index contributed by atoms with van der Waals surface area (Å²) < 4.78 is 18.2. The van der Waals surface area contributed by atoms with Gasteiger partial charge in [0.1, 0.15) is 11.4 Å². The lowest BCUT2D eigenvalue weighted by Gasteiger charge is -2.04. The quantitative estimate of drug-likeness (QED) is 0.810. The Morgan fingerprint density at radius 3 is 2.58 bits per heavy atom. The zero-order valence-corrected chi connectivity index (χ0v) is 9.60. The van der Waals surface area contributed by atoms with Crippen molar-refractivity contribution in [3.8, 4) is 5.75 Å². The summed E-state index contributed by atoms with van der Waals surface area (Å²) >= 11 is 3.11. The van der Waals surface area contributed by atoms with Crippen LogP contribution in [-0.4, -0.2) is 7.11 Å². The number of methoxy groups -OCH3 is 1. The maximum atomic E-state index is 12.8. The molecule has 0 aromatic heterocycles. The fourth-order valence-corrected chi connectivity index (χ4v) is 1.14. The molecule has 0 spiro atoms. The molecule has 0 saturated heterocycles. The van der Waals surface area contributed by atoms with Crippen LogP contribution >= 0.6 is 32.9 Å². The van der Waals surface area contributed by atoms with E-state index in [0.717, 1.165) is 0 Å². The highest BCUT2D eigenvalue weighted by molar-refractivity contribution is 9.10. The number of hydrogen-bond donors (Lipinski definition) is 1. The lowest BCUT2D eigenvalue weighted by molar-refractivity contribution is 0.414. The molecule has 0 heterocycles. The molecule has 1 aromatic rings. The Morgan fingerprint density at radius 1 is 1.50 bits per heavy atom. The van der Waals surface area contributed by atoms with Gasteiger partial charge in [-0.3, -0.25) is 0 Å². The van der Waals surface area contributed by atoms with E-state index in [1.54, 1.807) is 6.07 Å². The third kappa shape index (κ3) is 2.35. The number of benzene rings is 1. The van der Waals surface area contributed by atoms with Gasteiger partial charge in [-0.15, -0.1) is 17.0 Å². The van der Waals surface area contributed by atoms with Crippen LogP contribution in [0, 0.1) is 5.82 Å².